The molecule has 0 aromatic carbocycles. The van der Waals surface area contributed by atoms with Crippen molar-refractivity contribution in [3.63, 3.8) is 0 Å². The molecule has 0 spiro atoms. The quantitative estimate of drug-likeness (QED) is 0.428. The molecule has 0 saturated heterocycles. The van der Waals surface area contributed by atoms with Crippen molar-refractivity contribution in [2.24, 2.45) is 0 Å². The second kappa shape index (κ2) is 1.73. The number of rotatable bonds is 1. The highest BCUT2D eigenvalue weighted by atomic mass is 15.2. The van der Waals surface area contributed by atoms with E-state index in [0.717, 1.165) is 0 Å². The third kappa shape index (κ3) is 1.15. The maximum atomic E-state index is 6.62. The van der Waals surface area contributed by atoms with Crippen molar-refractivity contribution in [1.29, 1.82) is 0 Å². The van der Waals surface area contributed by atoms with Crippen molar-refractivity contribution in [2.45, 2.75) is 0 Å². The smallest absolute Gasteiger partial charge is 0.226 e. The minimum absolute atomic E-state index is 0.00208. The summed E-state index contributed by atoms with van der Waals surface area (Å²) >= 11 is 0. The van der Waals surface area contributed by atoms with Crippen molar-refractivity contribution < 1.29 is 1.41 Å². The maximum absolute atomic E-state index is 6.62. The average molecular weight is 127 g/mol. The molecule has 1 heterocycles. The highest BCUT2D eigenvalue weighted by molar-refractivity contribution is 5.33. The van der Waals surface area contributed by atoms with E-state index in [1.54, 1.807) is 0 Å². The van der Waals surface area contributed by atoms with E-state index in [4.69, 9.17) is 12.9 Å². The lowest BCUT2D eigenvalue weighted by atomic mass is 10.9. The van der Waals surface area contributed by atoms with Crippen LogP contribution in [0.25, 0.3) is 0 Å². The Labute approximate surface area is 52.6 Å². The lowest BCUT2D eigenvalue weighted by Crippen LogP contribution is -2.05. The van der Waals surface area contributed by atoms with Crippen molar-refractivity contribution in [3.8, 4) is 0 Å². The van der Waals surface area contributed by atoms with E-state index in [-0.39, 0.29) is 17.8 Å². The van der Waals surface area contributed by atoms with Crippen LogP contribution in [0.2, 0.25) is 1.41 Å². The SMILES string of the molecule is [2H]Nc1nc(N)nc(N)n1. The molecule has 1 aromatic rings. The Hall–Kier alpha value is -1.59. The van der Waals surface area contributed by atoms with Crippen LogP contribution >= 0.6 is 0 Å². The van der Waals surface area contributed by atoms with Gasteiger partial charge in [-0.25, -0.2) is 0 Å². The number of hydrogen-bond donors (Lipinski definition) is 3. The molecule has 0 fully saturated rings. The highest BCUT2D eigenvalue weighted by Crippen LogP contribution is 1.97. The molecule has 1 aromatic heterocycles. The second-order valence-corrected chi connectivity index (χ2v) is 1.38. The van der Waals surface area contributed by atoms with Gasteiger partial charge in [-0.2, -0.15) is 15.0 Å². The van der Waals surface area contributed by atoms with Gasteiger partial charge in [0.2, 0.25) is 17.8 Å². The van der Waals surface area contributed by atoms with E-state index in [1.165, 1.54) is 0 Å². The molecule has 6 heteroatoms. The molecule has 1 rings (SSSR count). The maximum Gasteiger partial charge on any atom is 0.226 e. The highest BCUT2D eigenvalue weighted by Gasteiger charge is 1.93. The first kappa shape index (κ1) is 4.30. The van der Waals surface area contributed by atoms with Gasteiger partial charge in [-0.1, -0.05) is 0 Å². The van der Waals surface area contributed by atoms with Gasteiger partial charge in [-0.15, -0.1) is 0 Å². The molecule has 0 saturated carbocycles. The number of aromatic nitrogens is 3. The predicted molar refractivity (Wildman–Crippen MR) is 33.1 cm³/mol. The summed E-state index contributed by atoms with van der Waals surface area (Å²) in [4.78, 5) is 10.6. The zero-order valence-electron chi connectivity index (χ0n) is 5.50. The molecule has 48 valence electrons. The minimum atomic E-state index is 0.00208. The molecule has 0 unspecified atom stereocenters. The van der Waals surface area contributed by atoms with Crippen LogP contribution in [0.3, 0.4) is 0 Å². The van der Waals surface area contributed by atoms with Gasteiger partial charge in [0.1, 0.15) is 0 Å². The fraction of sp³-hybridized carbons (Fsp3) is 0. The average Bonchev–Trinajstić information content (AvgIpc) is 1.85. The van der Waals surface area contributed by atoms with Gasteiger partial charge in [0, 0.05) is 0 Å². The molecule has 0 bridgehead atoms. The number of hydrogen-bond acceptors (Lipinski definition) is 6. The van der Waals surface area contributed by atoms with Crippen molar-refractivity contribution in [2.75, 3.05) is 17.2 Å². The Balaban J connectivity index is 3.06. The number of nitrogens with zero attached hydrogens (tertiary/aromatic N) is 3. The summed E-state index contributed by atoms with van der Waals surface area (Å²) < 4.78 is 6.62. The third-order valence-electron chi connectivity index (χ3n) is 0.670. The van der Waals surface area contributed by atoms with Crippen LogP contribution in [-0.4, -0.2) is 15.0 Å². The van der Waals surface area contributed by atoms with Crippen LogP contribution in [0.15, 0.2) is 0 Å². The Bertz CT molecular complexity index is 216. The van der Waals surface area contributed by atoms with E-state index >= 15 is 0 Å². The van der Waals surface area contributed by atoms with Gasteiger partial charge in [0.25, 0.3) is 0 Å². The molecule has 9 heavy (non-hydrogen) atoms. The second-order valence-electron chi connectivity index (χ2n) is 1.38. The predicted octanol–water partition coefficient (Wildman–Crippen LogP) is -1.38. The Morgan fingerprint density at radius 3 is 1.89 bits per heavy atom. The first-order valence-electron chi connectivity index (χ1n) is 2.67. The standard InChI is InChI=1S/C3H6N6/c4-1-7-2(5)9-3(6)8-1/h(H6,4,5,6,7,8,9)/i/hD. The van der Waals surface area contributed by atoms with Crippen LogP contribution in [0.4, 0.5) is 17.8 Å². The summed E-state index contributed by atoms with van der Waals surface area (Å²) in [6, 6.07) is 0. The third-order valence-corrected chi connectivity index (χ3v) is 0.670. The first-order chi connectivity index (χ1) is 4.72. The van der Waals surface area contributed by atoms with Gasteiger partial charge in [-0.3, -0.25) is 0 Å². The van der Waals surface area contributed by atoms with Crippen LogP contribution in [0, 0.1) is 0 Å². The van der Waals surface area contributed by atoms with E-state index in [9.17, 15) is 0 Å². The van der Waals surface area contributed by atoms with Gasteiger partial charge >= 0.3 is 0 Å². The molecule has 0 amide bonds. The van der Waals surface area contributed by atoms with Crippen LogP contribution < -0.4 is 17.2 Å². The minimum Gasteiger partial charge on any atom is -0.368 e. The fourth-order valence-electron chi connectivity index (χ4n) is 0.409. The van der Waals surface area contributed by atoms with E-state index < -0.39 is 0 Å². The van der Waals surface area contributed by atoms with E-state index in [0.29, 0.717) is 0 Å². The molecule has 6 N–H and O–H groups in total. The van der Waals surface area contributed by atoms with E-state index in [2.05, 4.69) is 15.0 Å². The summed E-state index contributed by atoms with van der Waals surface area (Å²) in [7, 11) is 0. The zero-order valence-corrected chi connectivity index (χ0v) is 4.50. The van der Waals surface area contributed by atoms with Crippen molar-refractivity contribution in [3.05, 3.63) is 0 Å². The molecule has 6 nitrogen and oxygen atoms in total. The molecular weight excluding hydrogens is 120 g/mol. The van der Waals surface area contributed by atoms with Gasteiger partial charge < -0.3 is 17.2 Å². The number of nitrogens with two attached hydrogens (primary N) is 3. The first-order valence-corrected chi connectivity index (χ1v) is 2.17. The molecule has 0 aliphatic carbocycles. The summed E-state index contributed by atoms with van der Waals surface area (Å²) in [6.45, 7) is 0. The Morgan fingerprint density at radius 2 is 1.44 bits per heavy atom. The summed E-state index contributed by atoms with van der Waals surface area (Å²) in [5, 5.41) is 0. The van der Waals surface area contributed by atoms with E-state index in [1.807, 2.05) is 5.73 Å². The monoisotopic (exact) mass is 127 g/mol. The molecule has 0 aliphatic rings. The molecule has 0 atom stereocenters. The summed E-state index contributed by atoms with van der Waals surface area (Å²) in [6.07, 6.45) is 0. The Morgan fingerprint density at radius 1 is 1.00 bits per heavy atom. The molecule has 0 aliphatic heterocycles. The van der Waals surface area contributed by atoms with Crippen LogP contribution in [0.1, 0.15) is 0 Å². The zero-order chi connectivity index (χ0) is 7.56. The van der Waals surface area contributed by atoms with Crippen LogP contribution in [0.5, 0.6) is 0 Å². The molecular formula is C3H6N6. The number of anilines is 3. The largest absolute Gasteiger partial charge is 0.368 e. The molecule has 0 radical (unpaired) electrons. The summed E-state index contributed by atoms with van der Waals surface area (Å²) in [5.41, 5.74) is 12.3. The van der Waals surface area contributed by atoms with Gasteiger partial charge in [-0.05, 0) is 0 Å². The van der Waals surface area contributed by atoms with Gasteiger partial charge in [0.05, 0.1) is 0 Å². The van der Waals surface area contributed by atoms with Crippen molar-refractivity contribution >= 4 is 17.8 Å². The number of nitrogen functional groups attached to an aromatic ring is 3. The summed E-state index contributed by atoms with van der Waals surface area (Å²) in [5.74, 6) is 0.0505. The lowest BCUT2D eigenvalue weighted by Gasteiger charge is -1.93. The Kier molecular flexibility index (Phi) is 0.828. The lowest BCUT2D eigenvalue weighted by molar-refractivity contribution is 1.09. The topological polar surface area (TPSA) is 117 Å². The van der Waals surface area contributed by atoms with Gasteiger partial charge in [0.15, 0.2) is 1.41 Å². The van der Waals surface area contributed by atoms with Crippen molar-refractivity contribution in [1.82, 2.24) is 15.0 Å². The fourth-order valence-corrected chi connectivity index (χ4v) is 0.409. The van der Waals surface area contributed by atoms with Crippen LogP contribution in [-0.2, 0) is 0 Å². The normalized spacial score (nSPS) is 10.4.